The van der Waals surface area contributed by atoms with E-state index in [9.17, 15) is 19.5 Å². The lowest BCUT2D eigenvalue weighted by molar-refractivity contribution is -0.146. The first-order chi connectivity index (χ1) is 12.4. The maximum atomic E-state index is 12.4. The fraction of sp³-hybridized carbons (Fsp3) is 0.474. The van der Waals surface area contributed by atoms with Crippen molar-refractivity contribution in [3.63, 3.8) is 0 Å². The van der Waals surface area contributed by atoms with Crippen LogP contribution < -0.4 is 10.9 Å². The monoisotopic (exact) mass is 357 g/mol. The minimum Gasteiger partial charge on any atom is -0.481 e. The smallest absolute Gasteiger partial charge is 0.308 e. The second-order valence-electron chi connectivity index (χ2n) is 7.11. The summed E-state index contributed by atoms with van der Waals surface area (Å²) in [4.78, 5) is 40.6. The van der Waals surface area contributed by atoms with E-state index in [0.29, 0.717) is 23.7 Å². The third-order valence-corrected chi connectivity index (χ3v) is 5.24. The van der Waals surface area contributed by atoms with E-state index >= 15 is 0 Å². The average molecular weight is 357 g/mol. The Kier molecular flexibility index (Phi) is 5.06. The minimum atomic E-state index is -0.873. The number of aliphatic carboxylic acids is 1. The second kappa shape index (κ2) is 7.27. The quantitative estimate of drug-likeness (QED) is 0.851. The molecule has 2 unspecified atom stereocenters. The summed E-state index contributed by atoms with van der Waals surface area (Å²) in [6.07, 6.45) is 4.52. The summed E-state index contributed by atoms with van der Waals surface area (Å²) in [7, 11) is 0. The van der Waals surface area contributed by atoms with E-state index in [1.807, 2.05) is 6.07 Å². The molecule has 0 spiro atoms. The van der Waals surface area contributed by atoms with Gasteiger partial charge in [-0.2, -0.15) is 0 Å². The fourth-order valence-electron chi connectivity index (χ4n) is 3.75. The summed E-state index contributed by atoms with van der Waals surface area (Å²) >= 11 is 0. The van der Waals surface area contributed by atoms with Gasteiger partial charge in [0.15, 0.2) is 0 Å². The van der Waals surface area contributed by atoms with Crippen LogP contribution in [0.3, 0.4) is 0 Å². The summed E-state index contributed by atoms with van der Waals surface area (Å²) in [6.45, 7) is 2.00. The van der Waals surface area contributed by atoms with E-state index in [0.717, 1.165) is 12.8 Å². The van der Waals surface area contributed by atoms with Gasteiger partial charge in [0.2, 0.25) is 5.91 Å². The number of aromatic nitrogens is 2. The van der Waals surface area contributed by atoms with Crippen LogP contribution in [0.5, 0.6) is 0 Å². The van der Waals surface area contributed by atoms with Crippen molar-refractivity contribution in [2.24, 2.45) is 5.92 Å². The number of nitrogens with one attached hydrogen (secondary N) is 1. The molecule has 0 aliphatic heterocycles. The molecule has 138 valence electrons. The van der Waals surface area contributed by atoms with Gasteiger partial charge in [-0.25, -0.2) is 4.98 Å². The van der Waals surface area contributed by atoms with Crippen molar-refractivity contribution in [1.29, 1.82) is 0 Å². The van der Waals surface area contributed by atoms with E-state index in [2.05, 4.69) is 10.3 Å². The maximum Gasteiger partial charge on any atom is 0.308 e. The topological polar surface area (TPSA) is 101 Å². The van der Waals surface area contributed by atoms with Gasteiger partial charge in [0.1, 0.15) is 0 Å². The Morgan fingerprint density at radius 2 is 2.12 bits per heavy atom. The van der Waals surface area contributed by atoms with Gasteiger partial charge < -0.3 is 10.4 Å². The lowest BCUT2D eigenvalue weighted by atomic mass is 9.74. The normalized spacial score (nSPS) is 22.9. The van der Waals surface area contributed by atoms with Gasteiger partial charge in [-0.05, 0) is 31.9 Å². The zero-order valence-corrected chi connectivity index (χ0v) is 14.8. The van der Waals surface area contributed by atoms with Crippen LogP contribution in [0.2, 0.25) is 0 Å². The van der Waals surface area contributed by atoms with Crippen LogP contribution >= 0.6 is 0 Å². The summed E-state index contributed by atoms with van der Waals surface area (Å²) in [5, 5.41) is 12.8. The van der Waals surface area contributed by atoms with Crippen LogP contribution in [-0.4, -0.2) is 32.1 Å². The predicted octanol–water partition coefficient (Wildman–Crippen LogP) is 1.94. The Hall–Kier alpha value is -2.70. The fourth-order valence-corrected chi connectivity index (χ4v) is 3.75. The molecule has 26 heavy (non-hydrogen) atoms. The molecule has 2 N–H and O–H groups in total. The molecule has 0 saturated heterocycles. The molecule has 0 radical (unpaired) electrons. The number of para-hydroxylation sites is 1. The molecular weight excluding hydrogens is 334 g/mol. The number of hydrogen-bond acceptors (Lipinski definition) is 4. The molecule has 1 aromatic carbocycles. The number of nitrogens with zero attached hydrogens (tertiary/aromatic N) is 2. The highest BCUT2D eigenvalue weighted by atomic mass is 16.4. The number of carbonyl (C=O) groups excluding carboxylic acids is 1. The number of carboxylic acid groups (broad SMARTS) is 1. The largest absolute Gasteiger partial charge is 0.481 e. The van der Waals surface area contributed by atoms with Crippen LogP contribution in [0, 0.1) is 5.92 Å². The van der Waals surface area contributed by atoms with E-state index in [1.165, 1.54) is 10.9 Å². The maximum absolute atomic E-state index is 12.4. The molecular formula is C19H23N3O4. The molecule has 1 aromatic heterocycles. The predicted molar refractivity (Wildman–Crippen MR) is 96.8 cm³/mol. The lowest BCUT2D eigenvalue weighted by Gasteiger charge is -2.39. The van der Waals surface area contributed by atoms with Crippen molar-refractivity contribution in [2.45, 2.75) is 51.1 Å². The Labute approximate surface area is 151 Å². The molecule has 1 fully saturated rings. The van der Waals surface area contributed by atoms with Crippen molar-refractivity contribution in [2.75, 3.05) is 0 Å². The number of fused-ring (bicyclic) bond motifs is 1. The number of carbonyl (C=O) groups is 2. The van der Waals surface area contributed by atoms with Gasteiger partial charge in [0.25, 0.3) is 5.56 Å². The van der Waals surface area contributed by atoms with Gasteiger partial charge in [0, 0.05) is 13.0 Å². The molecule has 1 saturated carbocycles. The first-order valence-corrected chi connectivity index (χ1v) is 8.89. The number of hydrogen-bond donors (Lipinski definition) is 2. The number of amides is 1. The number of rotatable bonds is 5. The Morgan fingerprint density at radius 3 is 2.88 bits per heavy atom. The van der Waals surface area contributed by atoms with E-state index in [-0.39, 0.29) is 24.4 Å². The van der Waals surface area contributed by atoms with Gasteiger partial charge >= 0.3 is 5.97 Å². The van der Waals surface area contributed by atoms with Crippen LogP contribution in [-0.2, 0) is 16.1 Å². The Bertz CT molecular complexity index is 892. The molecule has 1 aliphatic rings. The van der Waals surface area contributed by atoms with Crippen LogP contribution in [0.4, 0.5) is 0 Å². The summed E-state index contributed by atoms with van der Waals surface area (Å²) in [5.74, 6) is -1.70. The highest BCUT2D eigenvalue weighted by Gasteiger charge is 2.42. The zero-order chi connectivity index (χ0) is 18.7. The molecule has 2 aromatic rings. The third-order valence-electron chi connectivity index (χ3n) is 5.24. The summed E-state index contributed by atoms with van der Waals surface area (Å²) in [5.41, 5.74) is -0.304. The molecule has 7 heteroatoms. The minimum absolute atomic E-state index is 0.0991. The molecule has 1 amide bonds. The van der Waals surface area contributed by atoms with Crippen molar-refractivity contribution in [3.05, 3.63) is 40.9 Å². The lowest BCUT2D eigenvalue weighted by Crippen LogP contribution is -2.55. The van der Waals surface area contributed by atoms with Gasteiger partial charge in [-0.15, -0.1) is 0 Å². The van der Waals surface area contributed by atoms with Crippen LogP contribution in [0.25, 0.3) is 10.9 Å². The second-order valence-corrected chi connectivity index (χ2v) is 7.11. The number of carboxylic acids is 1. The standard InChI is InChI=1S/C19H23N3O4/c1-19(10-5-4-7-14(19)18(25)26)21-16(23)9-11-22-12-20-15-8-3-2-6-13(15)17(22)24/h2-3,6,8,12,14H,4-5,7,9-11H2,1H3,(H,21,23)(H,25,26). The molecule has 1 aliphatic carbocycles. The molecule has 2 atom stereocenters. The third kappa shape index (κ3) is 3.61. The Morgan fingerprint density at radius 1 is 1.35 bits per heavy atom. The van der Waals surface area contributed by atoms with Gasteiger partial charge in [-0.3, -0.25) is 19.0 Å². The van der Waals surface area contributed by atoms with Crippen LogP contribution in [0.15, 0.2) is 35.4 Å². The Balaban J connectivity index is 1.68. The molecule has 1 heterocycles. The van der Waals surface area contributed by atoms with Gasteiger partial charge in [0.05, 0.1) is 28.7 Å². The number of aryl methyl sites for hydroxylation is 1. The van der Waals surface area contributed by atoms with Crippen molar-refractivity contribution in [3.8, 4) is 0 Å². The van der Waals surface area contributed by atoms with Gasteiger partial charge in [-0.1, -0.05) is 25.0 Å². The van der Waals surface area contributed by atoms with Crippen LogP contribution in [0.1, 0.15) is 39.0 Å². The first-order valence-electron chi connectivity index (χ1n) is 8.89. The summed E-state index contributed by atoms with van der Waals surface area (Å²) in [6, 6.07) is 7.07. The van der Waals surface area contributed by atoms with Crippen molar-refractivity contribution < 1.29 is 14.7 Å². The molecule has 7 nitrogen and oxygen atoms in total. The van der Waals surface area contributed by atoms with Crippen molar-refractivity contribution in [1.82, 2.24) is 14.9 Å². The number of benzene rings is 1. The van der Waals surface area contributed by atoms with E-state index in [1.54, 1.807) is 25.1 Å². The van der Waals surface area contributed by atoms with Crippen molar-refractivity contribution >= 4 is 22.8 Å². The zero-order valence-electron chi connectivity index (χ0n) is 14.8. The highest BCUT2D eigenvalue weighted by Crippen LogP contribution is 2.33. The summed E-state index contributed by atoms with van der Waals surface area (Å²) < 4.78 is 1.42. The SMILES string of the molecule is CC1(NC(=O)CCn2cnc3ccccc3c2=O)CCCCC1C(=O)O. The molecule has 0 bridgehead atoms. The van der Waals surface area contributed by atoms with E-state index in [4.69, 9.17) is 0 Å². The highest BCUT2D eigenvalue weighted by molar-refractivity contribution is 5.79. The first kappa shape index (κ1) is 18.1. The molecule has 3 rings (SSSR count). The van der Waals surface area contributed by atoms with E-state index < -0.39 is 17.4 Å². The average Bonchev–Trinajstić information content (AvgIpc) is 2.61.